The highest BCUT2D eigenvalue weighted by molar-refractivity contribution is 9.10. The van der Waals surface area contributed by atoms with Crippen molar-refractivity contribution in [3.05, 3.63) is 177 Å². The quantitative estimate of drug-likeness (QED) is 0.0919. The Morgan fingerprint density at radius 1 is 0.655 bits per heavy atom. The molecule has 11 heteroatoms. The Morgan fingerprint density at radius 2 is 1.11 bits per heavy atom. The van der Waals surface area contributed by atoms with Crippen molar-refractivity contribution < 1.29 is 46.4 Å². The highest BCUT2D eigenvalue weighted by Crippen LogP contribution is 2.43. The number of hydrogen-bond donors (Lipinski definition) is 0. The summed E-state index contributed by atoms with van der Waals surface area (Å²) in [5, 5.41) is 0. The molecule has 6 atom stereocenters. The first-order valence-electron chi connectivity index (χ1n) is 17.9. The van der Waals surface area contributed by atoms with Crippen LogP contribution in [0.5, 0.6) is 0 Å². The van der Waals surface area contributed by atoms with E-state index in [4.69, 9.17) is 28.4 Å². The Kier molecular flexibility index (Phi) is 14.3. The highest BCUT2D eigenvalue weighted by Gasteiger charge is 2.53. The Labute approximate surface area is 327 Å². The number of hydrogen-bond acceptors (Lipinski definition) is 7. The lowest BCUT2D eigenvalue weighted by atomic mass is 9.87. The lowest BCUT2D eigenvalue weighted by Gasteiger charge is -2.48. The van der Waals surface area contributed by atoms with Gasteiger partial charge in [-0.2, -0.15) is 13.2 Å². The maximum atomic E-state index is 14.8. The minimum atomic E-state index is -4.80. The van der Waals surface area contributed by atoms with Crippen molar-refractivity contribution in [3.63, 3.8) is 0 Å². The van der Waals surface area contributed by atoms with Crippen molar-refractivity contribution in [1.29, 1.82) is 0 Å². The van der Waals surface area contributed by atoms with E-state index in [0.717, 1.165) is 35.2 Å². The average Bonchev–Trinajstić information content (AvgIpc) is 3.19. The van der Waals surface area contributed by atoms with Gasteiger partial charge in [-0.3, -0.25) is 4.79 Å². The van der Waals surface area contributed by atoms with E-state index in [1.54, 1.807) is 0 Å². The van der Waals surface area contributed by atoms with Crippen molar-refractivity contribution in [2.75, 3.05) is 6.61 Å². The highest BCUT2D eigenvalue weighted by atomic mass is 79.9. The van der Waals surface area contributed by atoms with Gasteiger partial charge in [-0.1, -0.05) is 143 Å². The predicted molar refractivity (Wildman–Crippen MR) is 203 cm³/mol. The van der Waals surface area contributed by atoms with E-state index in [9.17, 15) is 18.0 Å². The summed E-state index contributed by atoms with van der Waals surface area (Å²) in [6, 6.07) is 41.7. The smallest absolute Gasteiger partial charge is 0.416 e. The minimum Gasteiger partial charge on any atom is -0.455 e. The molecule has 0 aromatic heterocycles. The van der Waals surface area contributed by atoms with Crippen LogP contribution in [0.3, 0.4) is 0 Å². The minimum absolute atomic E-state index is 0.0271. The molecule has 1 aliphatic rings. The first kappa shape index (κ1) is 40.3. The van der Waals surface area contributed by atoms with Crippen LogP contribution in [-0.4, -0.2) is 43.1 Å². The number of esters is 1. The number of carbonyl (C=O) groups is 1. The molecule has 0 saturated carbocycles. The van der Waals surface area contributed by atoms with Gasteiger partial charge in [-0.25, -0.2) is 0 Å². The van der Waals surface area contributed by atoms with E-state index in [1.165, 1.54) is 12.1 Å². The van der Waals surface area contributed by atoms with Gasteiger partial charge in [0.05, 0.1) is 38.6 Å². The molecule has 1 heterocycles. The number of benzene rings is 5. The molecule has 1 aliphatic heterocycles. The number of halogens is 4. The maximum absolute atomic E-state index is 14.8. The summed E-state index contributed by atoms with van der Waals surface area (Å²) in [7, 11) is 0. The van der Waals surface area contributed by atoms with Gasteiger partial charge in [-0.15, -0.1) is 0 Å². The normalized spacial score (nSPS) is 20.5. The molecular weight excluding hydrogens is 777 g/mol. The molecule has 5 aromatic rings. The van der Waals surface area contributed by atoms with Gasteiger partial charge >= 0.3 is 12.1 Å². The SMILES string of the molecule is CC(=O)O[C@H](c1ccc(Br)cc1C(F)(F)F)[C@H]1OC(COCc2ccccc2)[C@@H](OCc2ccccc2)C(OCc2ccccc2)C1OCc1ccccc1. The van der Waals surface area contributed by atoms with Gasteiger partial charge in [0.25, 0.3) is 0 Å². The Balaban J connectivity index is 1.45. The summed E-state index contributed by atoms with van der Waals surface area (Å²) in [5.41, 5.74) is 2.19. The van der Waals surface area contributed by atoms with E-state index in [1.807, 2.05) is 121 Å². The van der Waals surface area contributed by atoms with Gasteiger partial charge in [-0.05, 0) is 34.4 Å². The fraction of sp³-hybridized carbons (Fsp3) is 0.295. The van der Waals surface area contributed by atoms with Crippen LogP contribution in [0.1, 0.15) is 46.4 Å². The van der Waals surface area contributed by atoms with E-state index in [-0.39, 0.29) is 43.1 Å². The first-order valence-corrected chi connectivity index (χ1v) is 18.7. The summed E-state index contributed by atoms with van der Waals surface area (Å²) >= 11 is 3.18. The Hall–Kier alpha value is -4.36. The number of ether oxygens (including phenoxy) is 6. The average molecular weight is 820 g/mol. The molecule has 288 valence electrons. The lowest BCUT2D eigenvalue weighted by Crippen LogP contribution is -2.62. The van der Waals surface area contributed by atoms with E-state index < -0.39 is 54.3 Å². The third-order valence-electron chi connectivity index (χ3n) is 9.14. The van der Waals surface area contributed by atoms with Crippen molar-refractivity contribution in [1.82, 2.24) is 0 Å². The zero-order valence-electron chi connectivity index (χ0n) is 30.1. The second-order valence-corrected chi connectivity index (χ2v) is 14.1. The van der Waals surface area contributed by atoms with Gasteiger partial charge < -0.3 is 28.4 Å². The third kappa shape index (κ3) is 11.3. The molecule has 5 aromatic carbocycles. The van der Waals surface area contributed by atoms with Crippen LogP contribution in [0.25, 0.3) is 0 Å². The fourth-order valence-electron chi connectivity index (χ4n) is 6.58. The largest absolute Gasteiger partial charge is 0.455 e. The molecule has 0 bridgehead atoms. The Bertz CT molecular complexity index is 1920. The van der Waals surface area contributed by atoms with Gasteiger partial charge in [0, 0.05) is 17.0 Å². The van der Waals surface area contributed by atoms with Crippen molar-refractivity contribution in [3.8, 4) is 0 Å². The second-order valence-electron chi connectivity index (χ2n) is 13.2. The molecule has 0 N–H and O–H groups in total. The standard InChI is InChI=1S/C44H42BrF3O7/c1-30(49)54-39(36-23-22-35(45)24-37(36)44(46,47)48)43-42(53-28-34-20-12-5-13-21-34)41(52-27-33-18-10-4-11-19-33)40(51-26-32-16-8-3-9-17-32)38(55-43)29-50-25-31-14-6-2-7-15-31/h2-24,38-43H,25-29H2,1H3/t38?,39-,40-,41?,42?,43-/m1/s1. The summed E-state index contributed by atoms with van der Waals surface area (Å²) in [6.45, 7) is 1.70. The van der Waals surface area contributed by atoms with Gasteiger partial charge in [0.2, 0.25) is 0 Å². The lowest BCUT2D eigenvalue weighted by molar-refractivity contribution is -0.289. The van der Waals surface area contributed by atoms with Crippen LogP contribution in [0.4, 0.5) is 13.2 Å². The molecule has 0 amide bonds. The van der Waals surface area contributed by atoms with Gasteiger partial charge in [0.15, 0.2) is 6.10 Å². The Morgan fingerprint density at radius 3 is 1.58 bits per heavy atom. The summed E-state index contributed by atoms with van der Waals surface area (Å²) < 4.78 is 83.5. The zero-order chi connectivity index (χ0) is 38.6. The number of rotatable bonds is 16. The van der Waals surface area contributed by atoms with Crippen LogP contribution in [0, 0.1) is 0 Å². The summed E-state index contributed by atoms with van der Waals surface area (Å²) in [6.07, 6.45) is -11.5. The number of alkyl halides is 3. The second kappa shape index (κ2) is 19.5. The van der Waals surface area contributed by atoms with E-state index >= 15 is 0 Å². The van der Waals surface area contributed by atoms with Crippen LogP contribution >= 0.6 is 15.9 Å². The van der Waals surface area contributed by atoms with Gasteiger partial charge in [0.1, 0.15) is 30.5 Å². The molecule has 6 rings (SSSR count). The monoisotopic (exact) mass is 818 g/mol. The fourth-order valence-corrected chi connectivity index (χ4v) is 6.94. The van der Waals surface area contributed by atoms with Crippen LogP contribution in [-0.2, 0) is 65.8 Å². The number of carbonyl (C=O) groups excluding carboxylic acids is 1. The first-order chi connectivity index (χ1) is 26.7. The van der Waals surface area contributed by atoms with Crippen LogP contribution in [0.2, 0.25) is 0 Å². The molecular formula is C44H42BrF3O7. The molecule has 7 nitrogen and oxygen atoms in total. The topological polar surface area (TPSA) is 72.5 Å². The third-order valence-corrected chi connectivity index (χ3v) is 9.63. The van der Waals surface area contributed by atoms with Crippen molar-refractivity contribution >= 4 is 21.9 Å². The molecule has 0 spiro atoms. The van der Waals surface area contributed by atoms with Crippen molar-refractivity contribution in [2.24, 2.45) is 0 Å². The van der Waals surface area contributed by atoms with Crippen LogP contribution in [0.15, 0.2) is 144 Å². The molecule has 0 aliphatic carbocycles. The molecule has 1 saturated heterocycles. The predicted octanol–water partition coefficient (Wildman–Crippen LogP) is 9.81. The maximum Gasteiger partial charge on any atom is 0.416 e. The zero-order valence-corrected chi connectivity index (χ0v) is 31.7. The van der Waals surface area contributed by atoms with E-state index in [2.05, 4.69) is 15.9 Å². The van der Waals surface area contributed by atoms with Crippen LogP contribution < -0.4 is 0 Å². The summed E-state index contributed by atoms with van der Waals surface area (Å²) in [5.74, 6) is -0.799. The molecule has 3 unspecified atom stereocenters. The van der Waals surface area contributed by atoms with E-state index in [0.29, 0.717) is 0 Å². The molecule has 55 heavy (non-hydrogen) atoms. The molecule has 1 fully saturated rings. The van der Waals surface area contributed by atoms with Crippen molar-refractivity contribution in [2.45, 2.75) is 76.2 Å². The molecule has 0 radical (unpaired) electrons. The summed E-state index contributed by atoms with van der Waals surface area (Å²) in [4.78, 5) is 12.8.